The lowest BCUT2D eigenvalue weighted by atomic mass is 10.1. The molecule has 0 bridgehead atoms. The molecule has 2 amide bonds. The van der Waals surface area contributed by atoms with E-state index in [0.29, 0.717) is 24.5 Å². The van der Waals surface area contributed by atoms with Crippen molar-refractivity contribution in [2.45, 2.75) is 32.2 Å². The molecule has 0 aliphatic rings. The lowest BCUT2D eigenvalue weighted by molar-refractivity contribution is 0.217. The van der Waals surface area contributed by atoms with E-state index in [9.17, 15) is 13.2 Å². The van der Waals surface area contributed by atoms with Gasteiger partial charge in [0.1, 0.15) is 0 Å². The number of aryl methyl sites for hydroxylation is 1. The Labute approximate surface area is 194 Å². The summed E-state index contributed by atoms with van der Waals surface area (Å²) in [6, 6.07) is 19.7. The number of carbonyl (C=O) groups is 1. The van der Waals surface area contributed by atoms with E-state index in [0.717, 1.165) is 28.4 Å². The minimum atomic E-state index is -3.78. The number of carbonyl (C=O) groups excluding carboxylic acids is 1. The molecule has 3 aromatic carbocycles. The van der Waals surface area contributed by atoms with Gasteiger partial charge in [0.05, 0.1) is 4.90 Å². The van der Waals surface area contributed by atoms with Gasteiger partial charge in [0.2, 0.25) is 0 Å². The summed E-state index contributed by atoms with van der Waals surface area (Å²) >= 11 is 0. The number of anilines is 2. The number of hydrogen-bond donors (Lipinski definition) is 2. The molecule has 1 aromatic heterocycles. The van der Waals surface area contributed by atoms with E-state index in [1.54, 1.807) is 23.1 Å². The van der Waals surface area contributed by atoms with Crippen molar-refractivity contribution >= 4 is 49.2 Å². The van der Waals surface area contributed by atoms with Crippen LogP contribution in [0.5, 0.6) is 0 Å². The summed E-state index contributed by atoms with van der Waals surface area (Å²) in [4.78, 5) is 14.0. The van der Waals surface area contributed by atoms with Gasteiger partial charge in [-0.25, -0.2) is 13.2 Å². The predicted molar refractivity (Wildman–Crippen MR) is 134 cm³/mol. The van der Waals surface area contributed by atoms with Crippen LogP contribution in [0.1, 0.15) is 20.8 Å². The van der Waals surface area contributed by atoms with E-state index < -0.39 is 10.0 Å². The summed E-state index contributed by atoms with van der Waals surface area (Å²) in [6.45, 7) is 7.92. The molecule has 2 N–H and O–H groups in total. The van der Waals surface area contributed by atoms with Gasteiger partial charge in [-0.05, 0) is 69.3 Å². The van der Waals surface area contributed by atoms with E-state index in [1.807, 2.05) is 44.2 Å². The van der Waals surface area contributed by atoms with Gasteiger partial charge in [-0.15, -0.1) is 0 Å². The Balaban J connectivity index is 1.58. The number of aromatic nitrogens is 1. The molecule has 1 heterocycles. The van der Waals surface area contributed by atoms with Gasteiger partial charge in [0.25, 0.3) is 10.0 Å². The lowest BCUT2D eigenvalue weighted by Gasteiger charge is -2.19. The minimum Gasteiger partial charge on any atom is -0.341 e. The van der Waals surface area contributed by atoms with Gasteiger partial charge >= 0.3 is 6.03 Å². The van der Waals surface area contributed by atoms with Crippen molar-refractivity contribution in [2.75, 3.05) is 23.1 Å². The number of para-hydroxylation sites is 1. The fourth-order valence-electron chi connectivity index (χ4n) is 4.10. The van der Waals surface area contributed by atoms with E-state index in [-0.39, 0.29) is 10.9 Å². The Morgan fingerprint density at radius 3 is 2.15 bits per heavy atom. The second kappa shape index (κ2) is 9.15. The van der Waals surface area contributed by atoms with Crippen molar-refractivity contribution in [1.29, 1.82) is 0 Å². The predicted octanol–water partition coefficient (Wildman–Crippen LogP) is 5.49. The molecular formula is C25H28N4O3S. The number of nitrogens with one attached hydrogen (secondary N) is 2. The Bertz CT molecular complexity index is 1410. The second-order valence-electron chi connectivity index (χ2n) is 7.73. The van der Waals surface area contributed by atoms with Crippen LogP contribution < -0.4 is 10.0 Å². The molecule has 4 aromatic rings. The standard InChI is InChI=1S/C25H28N4O3S/c1-4-28(5-2)25(30)26-18-11-14-20(15-12-18)33(31,32)27-19-13-16-24-22(17-19)21-9-7-8-10-23(21)29(24)6-3/h7-17,27H,4-6H2,1-3H3,(H,26,30). The highest BCUT2D eigenvalue weighted by molar-refractivity contribution is 7.92. The van der Waals surface area contributed by atoms with E-state index in [1.165, 1.54) is 12.1 Å². The second-order valence-corrected chi connectivity index (χ2v) is 9.41. The first-order valence-corrected chi connectivity index (χ1v) is 12.6. The van der Waals surface area contributed by atoms with Crippen LogP contribution in [-0.4, -0.2) is 37.0 Å². The van der Waals surface area contributed by atoms with Crippen LogP contribution in [0.2, 0.25) is 0 Å². The molecule has 0 atom stereocenters. The molecule has 0 saturated heterocycles. The third-order valence-electron chi connectivity index (χ3n) is 5.81. The largest absolute Gasteiger partial charge is 0.341 e. The number of rotatable bonds is 7. The van der Waals surface area contributed by atoms with Crippen LogP contribution in [-0.2, 0) is 16.6 Å². The molecule has 0 aliphatic heterocycles. The first-order valence-electron chi connectivity index (χ1n) is 11.1. The van der Waals surface area contributed by atoms with Crippen molar-refractivity contribution in [3.05, 3.63) is 66.7 Å². The number of fused-ring (bicyclic) bond motifs is 3. The fourth-order valence-corrected chi connectivity index (χ4v) is 5.15. The smallest absolute Gasteiger partial charge is 0.321 e. The molecule has 33 heavy (non-hydrogen) atoms. The van der Waals surface area contributed by atoms with Gasteiger partial charge in [0.15, 0.2) is 0 Å². The molecule has 0 saturated carbocycles. The summed E-state index contributed by atoms with van der Waals surface area (Å²) in [5, 5.41) is 4.88. The normalized spacial score (nSPS) is 11.6. The molecular weight excluding hydrogens is 436 g/mol. The molecule has 8 heteroatoms. The Morgan fingerprint density at radius 2 is 1.48 bits per heavy atom. The molecule has 0 spiro atoms. The number of hydrogen-bond acceptors (Lipinski definition) is 3. The zero-order valence-electron chi connectivity index (χ0n) is 19.0. The zero-order chi connectivity index (χ0) is 23.6. The van der Waals surface area contributed by atoms with Gasteiger partial charge in [0, 0.05) is 52.8 Å². The van der Waals surface area contributed by atoms with E-state index >= 15 is 0 Å². The SMILES string of the molecule is CCN(CC)C(=O)Nc1ccc(S(=O)(=O)Nc2ccc3c(c2)c2ccccc2n3CC)cc1. The van der Waals surface area contributed by atoms with Gasteiger partial charge in [-0.3, -0.25) is 4.72 Å². The highest BCUT2D eigenvalue weighted by Gasteiger charge is 2.17. The van der Waals surface area contributed by atoms with Crippen LogP contribution in [0.4, 0.5) is 16.2 Å². The average Bonchev–Trinajstić information content (AvgIpc) is 3.13. The maximum absolute atomic E-state index is 13.0. The molecule has 0 radical (unpaired) electrons. The lowest BCUT2D eigenvalue weighted by Crippen LogP contribution is -2.34. The molecule has 7 nitrogen and oxygen atoms in total. The van der Waals surface area contributed by atoms with Crippen molar-refractivity contribution in [3.63, 3.8) is 0 Å². The van der Waals surface area contributed by atoms with Gasteiger partial charge in [-0.1, -0.05) is 18.2 Å². The maximum Gasteiger partial charge on any atom is 0.321 e. The van der Waals surface area contributed by atoms with Crippen LogP contribution in [0.3, 0.4) is 0 Å². The Kier molecular flexibility index (Phi) is 6.29. The number of sulfonamides is 1. The number of amides is 2. The molecule has 4 rings (SSSR count). The van der Waals surface area contributed by atoms with E-state index in [4.69, 9.17) is 0 Å². The maximum atomic E-state index is 13.0. The van der Waals surface area contributed by atoms with Crippen molar-refractivity contribution in [1.82, 2.24) is 9.47 Å². The summed E-state index contributed by atoms with van der Waals surface area (Å²) in [5.41, 5.74) is 3.23. The number of benzene rings is 3. The van der Waals surface area contributed by atoms with Gasteiger partial charge in [-0.2, -0.15) is 0 Å². The fraction of sp³-hybridized carbons (Fsp3) is 0.240. The average molecular weight is 465 g/mol. The summed E-state index contributed by atoms with van der Waals surface area (Å²) in [5.74, 6) is 0. The number of urea groups is 1. The van der Waals surface area contributed by atoms with Crippen LogP contribution in [0.25, 0.3) is 21.8 Å². The Morgan fingerprint density at radius 1 is 0.848 bits per heavy atom. The van der Waals surface area contributed by atoms with Crippen molar-refractivity contribution in [2.24, 2.45) is 0 Å². The summed E-state index contributed by atoms with van der Waals surface area (Å²) in [6.07, 6.45) is 0. The molecule has 0 unspecified atom stereocenters. The monoisotopic (exact) mass is 464 g/mol. The van der Waals surface area contributed by atoms with Crippen LogP contribution in [0.15, 0.2) is 71.6 Å². The molecule has 0 fully saturated rings. The third kappa shape index (κ3) is 4.39. The quantitative estimate of drug-likeness (QED) is 0.379. The van der Waals surface area contributed by atoms with Crippen LogP contribution in [0, 0.1) is 0 Å². The zero-order valence-corrected chi connectivity index (χ0v) is 19.8. The highest BCUT2D eigenvalue weighted by Crippen LogP contribution is 2.31. The topological polar surface area (TPSA) is 83.4 Å². The minimum absolute atomic E-state index is 0.124. The van der Waals surface area contributed by atoms with Crippen molar-refractivity contribution < 1.29 is 13.2 Å². The summed E-state index contributed by atoms with van der Waals surface area (Å²) in [7, 11) is -3.78. The number of nitrogens with zero attached hydrogens (tertiary/aromatic N) is 2. The highest BCUT2D eigenvalue weighted by atomic mass is 32.2. The van der Waals surface area contributed by atoms with Crippen molar-refractivity contribution in [3.8, 4) is 0 Å². The summed E-state index contributed by atoms with van der Waals surface area (Å²) < 4.78 is 30.9. The van der Waals surface area contributed by atoms with Crippen LogP contribution >= 0.6 is 0 Å². The first-order chi connectivity index (χ1) is 15.9. The Hall–Kier alpha value is -3.52. The first kappa shape index (κ1) is 22.7. The molecule has 172 valence electrons. The van der Waals surface area contributed by atoms with Gasteiger partial charge < -0.3 is 14.8 Å². The van der Waals surface area contributed by atoms with E-state index in [2.05, 4.69) is 27.6 Å². The third-order valence-corrected chi connectivity index (χ3v) is 7.20. The molecule has 0 aliphatic carbocycles.